The van der Waals surface area contributed by atoms with Gasteiger partial charge in [-0.05, 0) is 35.2 Å². The summed E-state index contributed by atoms with van der Waals surface area (Å²) in [5.41, 5.74) is -0.393. The Morgan fingerprint density at radius 3 is 2.47 bits per heavy atom. The minimum atomic E-state index is -4.58. The van der Waals surface area contributed by atoms with Gasteiger partial charge in [0.2, 0.25) is 0 Å². The van der Waals surface area contributed by atoms with Gasteiger partial charge in [0.1, 0.15) is 4.88 Å². The molecule has 0 saturated carbocycles. The maximum absolute atomic E-state index is 13.1. The number of ether oxygens (including phenoxy) is 1. The molecule has 0 aliphatic heterocycles. The molecule has 3 aromatic rings. The van der Waals surface area contributed by atoms with Crippen LogP contribution in [0, 0.1) is 0 Å². The van der Waals surface area contributed by atoms with Crippen molar-refractivity contribution in [2.24, 2.45) is 5.10 Å². The second-order valence-electron chi connectivity index (χ2n) is 5.96. The van der Waals surface area contributed by atoms with Crippen LogP contribution in [0.4, 0.5) is 18.9 Å². The standard InChI is InChI=1S/C21H15F3N2O3S/c22-21(23,24)16-8-4-9-17(12-16)26(25-13-15-6-2-1-3-7-15)19(27)14-29-20(28)18-10-5-11-30-18/h1-13H,14H2/b25-13+. The molecule has 1 amide bonds. The fourth-order valence-electron chi connectivity index (χ4n) is 2.41. The number of carbonyl (C=O) groups is 2. The van der Waals surface area contributed by atoms with Crippen molar-refractivity contribution in [3.63, 3.8) is 0 Å². The number of hydrogen-bond donors (Lipinski definition) is 0. The van der Waals surface area contributed by atoms with Crippen LogP contribution < -0.4 is 5.01 Å². The topological polar surface area (TPSA) is 59.0 Å². The normalized spacial score (nSPS) is 11.4. The van der Waals surface area contributed by atoms with E-state index in [9.17, 15) is 22.8 Å². The molecular weight excluding hydrogens is 417 g/mol. The van der Waals surface area contributed by atoms with E-state index in [4.69, 9.17) is 4.74 Å². The van der Waals surface area contributed by atoms with Crippen molar-refractivity contribution >= 4 is 35.1 Å². The molecule has 0 N–H and O–H groups in total. The number of amides is 1. The Labute approximate surface area is 174 Å². The molecule has 0 bridgehead atoms. The Kier molecular flexibility index (Phi) is 6.63. The monoisotopic (exact) mass is 432 g/mol. The average molecular weight is 432 g/mol. The molecule has 0 unspecified atom stereocenters. The summed E-state index contributed by atoms with van der Waals surface area (Å²) in [5, 5.41) is 6.49. The van der Waals surface area contributed by atoms with Gasteiger partial charge in [0.25, 0.3) is 5.91 Å². The number of halogens is 3. The van der Waals surface area contributed by atoms with Crippen LogP contribution in [0.2, 0.25) is 0 Å². The van der Waals surface area contributed by atoms with Crippen LogP contribution in [-0.4, -0.2) is 24.7 Å². The first-order valence-corrected chi connectivity index (χ1v) is 9.52. The number of carbonyl (C=O) groups excluding carboxylic acids is 2. The summed E-state index contributed by atoms with van der Waals surface area (Å²) >= 11 is 1.15. The van der Waals surface area contributed by atoms with Crippen molar-refractivity contribution in [1.82, 2.24) is 0 Å². The SMILES string of the molecule is O=C(OCC(=O)N(/N=C/c1ccccc1)c1cccc(C(F)(F)F)c1)c1cccs1. The van der Waals surface area contributed by atoms with E-state index in [1.807, 2.05) is 0 Å². The third kappa shape index (κ3) is 5.54. The molecule has 154 valence electrons. The number of hydrazone groups is 1. The largest absolute Gasteiger partial charge is 0.451 e. The van der Waals surface area contributed by atoms with E-state index in [1.165, 1.54) is 24.4 Å². The number of anilines is 1. The van der Waals surface area contributed by atoms with Gasteiger partial charge >= 0.3 is 12.1 Å². The van der Waals surface area contributed by atoms with Gasteiger partial charge in [-0.2, -0.15) is 23.3 Å². The zero-order chi connectivity index (χ0) is 21.6. The quantitative estimate of drug-likeness (QED) is 0.313. The number of alkyl halides is 3. The van der Waals surface area contributed by atoms with Crippen LogP contribution in [0.25, 0.3) is 0 Å². The highest BCUT2D eigenvalue weighted by atomic mass is 32.1. The summed E-state index contributed by atoms with van der Waals surface area (Å²) in [4.78, 5) is 24.9. The van der Waals surface area contributed by atoms with Crippen LogP contribution in [0.1, 0.15) is 20.8 Å². The van der Waals surface area contributed by atoms with E-state index in [0.29, 0.717) is 10.4 Å². The second-order valence-corrected chi connectivity index (χ2v) is 6.91. The van der Waals surface area contributed by atoms with E-state index in [0.717, 1.165) is 28.5 Å². The summed E-state index contributed by atoms with van der Waals surface area (Å²) in [5.74, 6) is -1.50. The predicted octanol–water partition coefficient (Wildman–Crippen LogP) is 4.99. The van der Waals surface area contributed by atoms with E-state index >= 15 is 0 Å². The van der Waals surface area contributed by atoms with Crippen LogP contribution >= 0.6 is 11.3 Å². The van der Waals surface area contributed by atoms with Crippen LogP contribution in [0.15, 0.2) is 77.2 Å². The van der Waals surface area contributed by atoms with E-state index in [2.05, 4.69) is 5.10 Å². The molecule has 0 spiro atoms. The van der Waals surface area contributed by atoms with Gasteiger partial charge in [-0.3, -0.25) is 4.79 Å². The van der Waals surface area contributed by atoms with Crippen molar-refractivity contribution < 1.29 is 27.5 Å². The number of esters is 1. The number of nitrogens with zero attached hydrogens (tertiary/aromatic N) is 2. The highest BCUT2D eigenvalue weighted by Gasteiger charge is 2.31. The zero-order valence-electron chi connectivity index (χ0n) is 15.4. The minimum Gasteiger partial charge on any atom is -0.451 e. The Balaban J connectivity index is 1.84. The summed E-state index contributed by atoms with van der Waals surface area (Å²) in [6.45, 7) is -0.681. The fourth-order valence-corrected chi connectivity index (χ4v) is 3.02. The molecule has 0 aliphatic carbocycles. The molecule has 30 heavy (non-hydrogen) atoms. The second kappa shape index (κ2) is 9.36. The molecule has 0 radical (unpaired) electrons. The van der Waals surface area contributed by atoms with Crippen LogP contribution in [0.5, 0.6) is 0 Å². The van der Waals surface area contributed by atoms with Crippen LogP contribution in [-0.2, 0) is 15.7 Å². The first-order chi connectivity index (χ1) is 14.3. The third-order valence-corrected chi connectivity index (χ3v) is 4.68. The first kappa shape index (κ1) is 21.3. The summed E-state index contributed by atoms with van der Waals surface area (Å²) < 4.78 is 44.2. The Hall–Kier alpha value is -3.46. The average Bonchev–Trinajstić information content (AvgIpc) is 3.27. The molecule has 3 rings (SSSR count). The fraction of sp³-hybridized carbons (Fsp3) is 0.0952. The van der Waals surface area contributed by atoms with E-state index in [-0.39, 0.29) is 5.69 Å². The third-order valence-electron chi connectivity index (χ3n) is 3.83. The molecule has 1 aromatic heterocycles. The molecule has 5 nitrogen and oxygen atoms in total. The molecular formula is C21H15F3N2O3S. The van der Waals surface area contributed by atoms with Gasteiger partial charge in [-0.25, -0.2) is 4.79 Å². The smallest absolute Gasteiger partial charge is 0.416 e. The predicted molar refractivity (Wildman–Crippen MR) is 108 cm³/mol. The summed E-state index contributed by atoms with van der Waals surface area (Å²) in [6, 6.07) is 16.1. The van der Waals surface area contributed by atoms with Crippen LogP contribution in [0.3, 0.4) is 0 Å². The van der Waals surface area contributed by atoms with E-state index in [1.54, 1.807) is 41.8 Å². The lowest BCUT2D eigenvalue weighted by molar-refractivity contribution is -0.137. The number of rotatable bonds is 6. The highest BCUT2D eigenvalue weighted by Crippen LogP contribution is 2.31. The zero-order valence-corrected chi connectivity index (χ0v) is 16.2. The Morgan fingerprint density at radius 2 is 1.80 bits per heavy atom. The summed E-state index contributed by atoms with van der Waals surface area (Å²) in [7, 11) is 0. The lowest BCUT2D eigenvalue weighted by Gasteiger charge is -2.18. The van der Waals surface area contributed by atoms with Crippen molar-refractivity contribution in [3.8, 4) is 0 Å². The van der Waals surface area contributed by atoms with Crippen molar-refractivity contribution in [2.45, 2.75) is 6.18 Å². The molecule has 0 atom stereocenters. The molecule has 0 fully saturated rings. The van der Waals surface area contributed by atoms with Gasteiger partial charge in [0.05, 0.1) is 17.5 Å². The molecule has 1 heterocycles. The lowest BCUT2D eigenvalue weighted by Crippen LogP contribution is -2.30. The Bertz CT molecular complexity index is 1040. The summed E-state index contributed by atoms with van der Waals surface area (Å²) in [6.07, 6.45) is -3.25. The van der Waals surface area contributed by atoms with Gasteiger partial charge in [-0.1, -0.05) is 42.5 Å². The van der Waals surface area contributed by atoms with Gasteiger partial charge in [-0.15, -0.1) is 11.3 Å². The Morgan fingerprint density at radius 1 is 1.03 bits per heavy atom. The maximum atomic E-state index is 13.1. The molecule has 0 aliphatic rings. The molecule has 2 aromatic carbocycles. The van der Waals surface area contributed by atoms with Crippen molar-refractivity contribution in [3.05, 3.63) is 88.1 Å². The molecule has 0 saturated heterocycles. The van der Waals surface area contributed by atoms with Gasteiger partial charge < -0.3 is 4.74 Å². The highest BCUT2D eigenvalue weighted by molar-refractivity contribution is 7.11. The van der Waals surface area contributed by atoms with E-state index < -0.39 is 30.2 Å². The van der Waals surface area contributed by atoms with Crippen molar-refractivity contribution in [1.29, 1.82) is 0 Å². The lowest BCUT2D eigenvalue weighted by atomic mass is 10.2. The first-order valence-electron chi connectivity index (χ1n) is 8.64. The number of benzene rings is 2. The van der Waals surface area contributed by atoms with Gasteiger partial charge in [0, 0.05) is 0 Å². The maximum Gasteiger partial charge on any atom is 0.416 e. The molecule has 9 heteroatoms. The number of hydrogen-bond acceptors (Lipinski definition) is 5. The van der Waals surface area contributed by atoms with Crippen molar-refractivity contribution in [2.75, 3.05) is 11.6 Å². The number of thiophene rings is 1. The van der Waals surface area contributed by atoms with Gasteiger partial charge in [0.15, 0.2) is 6.61 Å². The minimum absolute atomic E-state index is 0.103.